The van der Waals surface area contributed by atoms with E-state index in [1.807, 2.05) is 50.2 Å². The normalized spacial score (nSPS) is 10.6. The van der Waals surface area contributed by atoms with Gasteiger partial charge in [-0.2, -0.15) is 0 Å². The third-order valence-corrected chi connectivity index (χ3v) is 4.69. The molecule has 0 atom stereocenters. The number of hydrogen-bond donors (Lipinski definition) is 1. The Morgan fingerprint density at radius 3 is 2.38 bits per heavy atom. The standard InChI is InChI=1S/C23H25FN4O/c1-3-28(4-2)23(29)20-16-21(25-15-14-17-10-8-9-13-19(17)24)27-22(26-20)18-11-6-5-7-12-18/h5-13,16H,3-4,14-15H2,1-2H3,(H,25,26,27). The predicted molar refractivity (Wildman–Crippen MR) is 113 cm³/mol. The third-order valence-electron chi connectivity index (χ3n) is 4.69. The Balaban J connectivity index is 1.86. The lowest BCUT2D eigenvalue weighted by molar-refractivity contribution is 0.0767. The number of nitrogens with one attached hydrogen (secondary N) is 1. The maximum atomic E-state index is 13.8. The van der Waals surface area contributed by atoms with E-state index in [-0.39, 0.29) is 11.7 Å². The lowest BCUT2D eigenvalue weighted by atomic mass is 10.1. The molecule has 0 unspecified atom stereocenters. The van der Waals surface area contributed by atoms with Gasteiger partial charge >= 0.3 is 0 Å². The van der Waals surface area contributed by atoms with E-state index in [1.165, 1.54) is 6.07 Å². The Morgan fingerprint density at radius 1 is 1.00 bits per heavy atom. The van der Waals surface area contributed by atoms with Crippen LogP contribution in [0.3, 0.4) is 0 Å². The van der Waals surface area contributed by atoms with Gasteiger partial charge in [0.1, 0.15) is 17.3 Å². The topological polar surface area (TPSA) is 58.1 Å². The lowest BCUT2D eigenvalue weighted by Gasteiger charge is -2.19. The van der Waals surface area contributed by atoms with Crippen molar-refractivity contribution < 1.29 is 9.18 Å². The number of carbonyl (C=O) groups excluding carboxylic acids is 1. The minimum absolute atomic E-state index is 0.133. The molecule has 3 rings (SSSR count). The van der Waals surface area contributed by atoms with E-state index in [2.05, 4.69) is 15.3 Å². The quantitative estimate of drug-likeness (QED) is 0.617. The summed E-state index contributed by atoms with van der Waals surface area (Å²) in [7, 11) is 0. The van der Waals surface area contributed by atoms with Crippen LogP contribution in [0.1, 0.15) is 29.9 Å². The van der Waals surface area contributed by atoms with Gasteiger partial charge in [0.2, 0.25) is 0 Å². The van der Waals surface area contributed by atoms with Gasteiger partial charge in [0, 0.05) is 31.3 Å². The highest BCUT2D eigenvalue weighted by atomic mass is 19.1. The molecular weight excluding hydrogens is 367 g/mol. The van der Waals surface area contributed by atoms with Crippen molar-refractivity contribution in [2.75, 3.05) is 25.0 Å². The van der Waals surface area contributed by atoms with Crippen LogP contribution in [0, 0.1) is 5.82 Å². The number of nitrogens with zero attached hydrogens (tertiary/aromatic N) is 3. The summed E-state index contributed by atoms with van der Waals surface area (Å²) in [5.74, 6) is 0.675. The van der Waals surface area contributed by atoms with Crippen molar-refractivity contribution in [3.8, 4) is 11.4 Å². The van der Waals surface area contributed by atoms with Gasteiger partial charge in [-0.3, -0.25) is 4.79 Å². The van der Waals surface area contributed by atoms with Crippen LogP contribution in [0.2, 0.25) is 0 Å². The molecule has 0 saturated heterocycles. The molecule has 0 fully saturated rings. The van der Waals surface area contributed by atoms with Crippen molar-refractivity contribution in [1.29, 1.82) is 0 Å². The van der Waals surface area contributed by atoms with Crippen LogP contribution in [0.15, 0.2) is 60.7 Å². The molecule has 1 amide bonds. The van der Waals surface area contributed by atoms with Crippen LogP contribution in [0.5, 0.6) is 0 Å². The first kappa shape index (κ1) is 20.5. The van der Waals surface area contributed by atoms with Gasteiger partial charge in [0.05, 0.1) is 0 Å². The predicted octanol–water partition coefficient (Wildman–Crippen LogP) is 4.42. The van der Waals surface area contributed by atoms with E-state index in [0.29, 0.717) is 49.0 Å². The van der Waals surface area contributed by atoms with Crippen molar-refractivity contribution in [3.05, 3.63) is 77.7 Å². The average Bonchev–Trinajstić information content (AvgIpc) is 2.76. The zero-order valence-electron chi connectivity index (χ0n) is 16.7. The average molecular weight is 392 g/mol. The fourth-order valence-electron chi connectivity index (χ4n) is 3.06. The number of rotatable bonds is 8. The molecule has 29 heavy (non-hydrogen) atoms. The van der Waals surface area contributed by atoms with Gasteiger partial charge in [-0.25, -0.2) is 14.4 Å². The van der Waals surface area contributed by atoms with E-state index < -0.39 is 0 Å². The van der Waals surface area contributed by atoms with Crippen molar-refractivity contribution >= 4 is 11.7 Å². The van der Waals surface area contributed by atoms with E-state index in [9.17, 15) is 9.18 Å². The second-order valence-electron chi connectivity index (χ2n) is 6.57. The molecule has 0 bridgehead atoms. The Kier molecular flexibility index (Phi) is 6.89. The van der Waals surface area contributed by atoms with Crippen LogP contribution in [-0.2, 0) is 6.42 Å². The number of amides is 1. The molecule has 0 saturated carbocycles. The summed E-state index contributed by atoms with van der Waals surface area (Å²) in [5, 5.41) is 3.21. The molecule has 2 aromatic carbocycles. The maximum Gasteiger partial charge on any atom is 0.272 e. The Bertz CT molecular complexity index is 958. The van der Waals surface area contributed by atoms with Gasteiger partial charge in [0.15, 0.2) is 5.82 Å². The third kappa shape index (κ3) is 5.16. The van der Waals surface area contributed by atoms with E-state index in [4.69, 9.17) is 0 Å². The van der Waals surface area contributed by atoms with Crippen LogP contribution in [0.25, 0.3) is 11.4 Å². The van der Waals surface area contributed by atoms with E-state index in [1.54, 1.807) is 23.1 Å². The molecule has 5 nitrogen and oxygen atoms in total. The van der Waals surface area contributed by atoms with E-state index >= 15 is 0 Å². The molecule has 0 aliphatic rings. The molecule has 0 spiro atoms. The fraction of sp³-hybridized carbons (Fsp3) is 0.261. The molecule has 6 heteroatoms. The number of benzene rings is 2. The van der Waals surface area contributed by atoms with Crippen molar-refractivity contribution in [2.45, 2.75) is 20.3 Å². The first-order valence-electron chi connectivity index (χ1n) is 9.83. The second-order valence-corrected chi connectivity index (χ2v) is 6.57. The number of aromatic nitrogens is 2. The monoisotopic (exact) mass is 392 g/mol. The van der Waals surface area contributed by atoms with Crippen LogP contribution in [0.4, 0.5) is 10.2 Å². The first-order valence-corrected chi connectivity index (χ1v) is 9.83. The Labute approximate surface area is 170 Å². The van der Waals surface area contributed by atoms with Gasteiger partial charge in [0.25, 0.3) is 5.91 Å². The Hall–Kier alpha value is -3.28. The minimum atomic E-state index is -0.223. The maximum absolute atomic E-state index is 13.8. The lowest BCUT2D eigenvalue weighted by Crippen LogP contribution is -2.31. The molecule has 1 aromatic heterocycles. The summed E-state index contributed by atoms with van der Waals surface area (Å²) in [5.41, 5.74) is 1.81. The van der Waals surface area contributed by atoms with Crippen molar-refractivity contribution in [2.24, 2.45) is 0 Å². The molecule has 0 aliphatic carbocycles. The highest BCUT2D eigenvalue weighted by Crippen LogP contribution is 2.19. The number of carbonyl (C=O) groups is 1. The van der Waals surface area contributed by atoms with Gasteiger partial charge < -0.3 is 10.2 Å². The summed E-state index contributed by atoms with van der Waals surface area (Å²) in [6.45, 7) is 5.58. The second kappa shape index (κ2) is 9.78. The number of halogens is 1. The summed E-state index contributed by atoms with van der Waals surface area (Å²) in [6.07, 6.45) is 0.511. The largest absolute Gasteiger partial charge is 0.370 e. The summed E-state index contributed by atoms with van der Waals surface area (Å²) >= 11 is 0. The molecule has 150 valence electrons. The van der Waals surface area contributed by atoms with Crippen molar-refractivity contribution in [1.82, 2.24) is 14.9 Å². The molecule has 3 aromatic rings. The summed E-state index contributed by atoms with van der Waals surface area (Å²) < 4.78 is 13.8. The van der Waals surface area contributed by atoms with Gasteiger partial charge in [-0.1, -0.05) is 48.5 Å². The minimum Gasteiger partial charge on any atom is -0.370 e. The first-order chi connectivity index (χ1) is 14.1. The van der Waals surface area contributed by atoms with E-state index in [0.717, 1.165) is 5.56 Å². The molecule has 0 radical (unpaired) electrons. The highest BCUT2D eigenvalue weighted by Gasteiger charge is 2.17. The molecular formula is C23H25FN4O. The fourth-order valence-corrected chi connectivity index (χ4v) is 3.06. The summed E-state index contributed by atoms with van der Waals surface area (Å²) in [4.78, 5) is 23.6. The molecule has 1 N–H and O–H groups in total. The molecule has 1 heterocycles. The molecule has 0 aliphatic heterocycles. The number of hydrogen-bond acceptors (Lipinski definition) is 4. The summed E-state index contributed by atoms with van der Waals surface area (Å²) in [6, 6.07) is 17.9. The van der Waals surface area contributed by atoms with Gasteiger partial charge in [-0.15, -0.1) is 0 Å². The highest BCUT2D eigenvalue weighted by molar-refractivity contribution is 5.93. The Morgan fingerprint density at radius 2 is 1.69 bits per heavy atom. The zero-order valence-corrected chi connectivity index (χ0v) is 16.7. The van der Waals surface area contributed by atoms with Crippen LogP contribution < -0.4 is 5.32 Å². The number of anilines is 1. The smallest absolute Gasteiger partial charge is 0.272 e. The zero-order chi connectivity index (χ0) is 20.6. The van der Waals surface area contributed by atoms with Crippen LogP contribution >= 0.6 is 0 Å². The van der Waals surface area contributed by atoms with Crippen LogP contribution in [-0.4, -0.2) is 40.4 Å². The van der Waals surface area contributed by atoms with Crippen molar-refractivity contribution in [3.63, 3.8) is 0 Å². The SMILES string of the molecule is CCN(CC)C(=O)c1cc(NCCc2ccccc2F)nc(-c2ccccc2)n1. The van der Waals surface area contributed by atoms with Gasteiger partial charge in [-0.05, 0) is 31.9 Å².